The molecule has 29 heavy (non-hydrogen) atoms. The Morgan fingerprint density at radius 2 is 1.97 bits per heavy atom. The van der Waals surface area contributed by atoms with Gasteiger partial charge in [0, 0.05) is 37.2 Å². The molecular weight excluding hydrogens is 373 g/mol. The third-order valence-electron chi connectivity index (χ3n) is 5.03. The van der Waals surface area contributed by atoms with Gasteiger partial charge in [-0.1, -0.05) is 29.4 Å². The number of rotatable bonds is 6. The van der Waals surface area contributed by atoms with E-state index in [9.17, 15) is 14.0 Å². The molecule has 1 saturated carbocycles. The third kappa shape index (κ3) is 4.62. The lowest BCUT2D eigenvalue weighted by Crippen LogP contribution is -2.36. The van der Waals surface area contributed by atoms with Crippen LogP contribution in [-0.4, -0.2) is 41.6 Å². The SMILES string of the molecule is CN(Cc1ccc(C(=O)NC2CC2)cc1)C(=O)[C@@H]1CC(c2cccc(F)c2)=NO1. The molecule has 0 aromatic heterocycles. The Balaban J connectivity index is 1.32. The van der Waals surface area contributed by atoms with E-state index in [1.54, 1.807) is 36.2 Å². The van der Waals surface area contributed by atoms with Gasteiger partial charge in [-0.3, -0.25) is 9.59 Å². The Morgan fingerprint density at radius 3 is 2.66 bits per heavy atom. The minimum Gasteiger partial charge on any atom is -0.382 e. The summed E-state index contributed by atoms with van der Waals surface area (Å²) in [5.74, 6) is -0.619. The Kier molecular flexibility index (Phi) is 5.29. The van der Waals surface area contributed by atoms with Crippen LogP contribution in [0.25, 0.3) is 0 Å². The number of carbonyl (C=O) groups is 2. The predicted molar refractivity (Wildman–Crippen MR) is 106 cm³/mol. The van der Waals surface area contributed by atoms with Gasteiger partial charge < -0.3 is 15.1 Å². The number of nitrogens with one attached hydrogen (secondary N) is 1. The van der Waals surface area contributed by atoms with Crippen molar-refractivity contribution < 1.29 is 18.8 Å². The zero-order valence-corrected chi connectivity index (χ0v) is 16.1. The van der Waals surface area contributed by atoms with Crippen LogP contribution in [0, 0.1) is 5.82 Å². The quantitative estimate of drug-likeness (QED) is 0.818. The first kappa shape index (κ1) is 19.1. The summed E-state index contributed by atoms with van der Waals surface area (Å²) in [6.07, 6.45) is 1.67. The fourth-order valence-corrected chi connectivity index (χ4v) is 3.20. The summed E-state index contributed by atoms with van der Waals surface area (Å²) in [5, 5.41) is 6.91. The number of halogens is 1. The van der Waals surface area contributed by atoms with Crippen LogP contribution in [0.3, 0.4) is 0 Å². The lowest BCUT2D eigenvalue weighted by atomic mass is 10.0. The molecule has 6 nitrogen and oxygen atoms in total. The van der Waals surface area contributed by atoms with Gasteiger partial charge in [0.25, 0.3) is 11.8 Å². The highest BCUT2D eigenvalue weighted by molar-refractivity contribution is 6.04. The summed E-state index contributed by atoms with van der Waals surface area (Å²) in [6, 6.07) is 13.6. The van der Waals surface area contributed by atoms with Gasteiger partial charge in [-0.25, -0.2) is 4.39 Å². The number of hydrogen-bond donors (Lipinski definition) is 1. The highest BCUT2D eigenvalue weighted by atomic mass is 19.1. The topological polar surface area (TPSA) is 71.0 Å². The van der Waals surface area contributed by atoms with Gasteiger partial charge in [-0.2, -0.15) is 0 Å². The molecule has 2 aromatic carbocycles. The number of benzene rings is 2. The molecule has 1 fully saturated rings. The Labute approximate surface area is 168 Å². The summed E-state index contributed by atoms with van der Waals surface area (Å²) in [7, 11) is 1.69. The van der Waals surface area contributed by atoms with Gasteiger partial charge in [0.05, 0.1) is 5.71 Å². The molecule has 1 N–H and O–H groups in total. The van der Waals surface area contributed by atoms with E-state index in [1.807, 2.05) is 12.1 Å². The number of likely N-dealkylation sites (N-methyl/N-ethyl adjacent to an activating group) is 1. The van der Waals surface area contributed by atoms with Crippen molar-refractivity contribution in [2.45, 2.75) is 38.0 Å². The summed E-state index contributed by atoms with van der Waals surface area (Å²) in [4.78, 5) is 31.6. The van der Waals surface area contributed by atoms with Crippen molar-refractivity contribution in [3.05, 3.63) is 71.0 Å². The second kappa shape index (κ2) is 8.03. The molecule has 0 radical (unpaired) electrons. The van der Waals surface area contributed by atoms with Gasteiger partial charge in [-0.05, 0) is 42.7 Å². The van der Waals surface area contributed by atoms with Crippen LogP contribution < -0.4 is 5.32 Å². The third-order valence-corrected chi connectivity index (χ3v) is 5.03. The first-order chi connectivity index (χ1) is 14.0. The van der Waals surface area contributed by atoms with Crippen molar-refractivity contribution in [2.24, 2.45) is 5.16 Å². The van der Waals surface area contributed by atoms with E-state index in [2.05, 4.69) is 10.5 Å². The Bertz CT molecular complexity index is 954. The first-order valence-electron chi connectivity index (χ1n) is 9.63. The fraction of sp³-hybridized carbons (Fsp3) is 0.318. The van der Waals surface area contributed by atoms with Crippen LogP contribution in [-0.2, 0) is 16.2 Å². The largest absolute Gasteiger partial charge is 0.382 e. The van der Waals surface area contributed by atoms with E-state index in [1.165, 1.54) is 12.1 Å². The van der Waals surface area contributed by atoms with Crippen molar-refractivity contribution >= 4 is 17.5 Å². The van der Waals surface area contributed by atoms with Gasteiger partial charge in [0.2, 0.25) is 6.10 Å². The molecule has 0 spiro atoms. The van der Waals surface area contributed by atoms with Crippen molar-refractivity contribution in [3.63, 3.8) is 0 Å². The van der Waals surface area contributed by atoms with Gasteiger partial charge in [-0.15, -0.1) is 0 Å². The number of oxime groups is 1. The minimum atomic E-state index is -0.720. The summed E-state index contributed by atoms with van der Waals surface area (Å²) < 4.78 is 13.4. The van der Waals surface area contributed by atoms with Crippen LogP contribution in [0.4, 0.5) is 4.39 Å². The number of nitrogens with zero attached hydrogens (tertiary/aromatic N) is 2. The van der Waals surface area contributed by atoms with Crippen molar-refractivity contribution in [1.29, 1.82) is 0 Å². The van der Waals surface area contributed by atoms with Crippen LogP contribution in [0.2, 0.25) is 0 Å². The van der Waals surface area contributed by atoms with Crippen molar-refractivity contribution in [1.82, 2.24) is 10.2 Å². The van der Waals surface area contributed by atoms with E-state index in [4.69, 9.17) is 4.84 Å². The second-order valence-electron chi connectivity index (χ2n) is 7.49. The number of amides is 2. The lowest BCUT2D eigenvalue weighted by molar-refractivity contribution is -0.141. The predicted octanol–water partition coefficient (Wildman–Crippen LogP) is 2.87. The van der Waals surface area contributed by atoms with Crippen molar-refractivity contribution in [2.75, 3.05) is 7.05 Å². The minimum absolute atomic E-state index is 0.0649. The molecule has 0 bridgehead atoms. The summed E-state index contributed by atoms with van der Waals surface area (Å²) >= 11 is 0. The fourth-order valence-electron chi connectivity index (χ4n) is 3.20. The van der Waals surface area contributed by atoms with Gasteiger partial charge in [0.15, 0.2) is 0 Å². The smallest absolute Gasteiger partial charge is 0.266 e. The lowest BCUT2D eigenvalue weighted by Gasteiger charge is -2.20. The average Bonchev–Trinajstić information content (AvgIpc) is 3.39. The molecule has 1 aliphatic heterocycles. The molecule has 0 unspecified atom stereocenters. The molecule has 150 valence electrons. The maximum Gasteiger partial charge on any atom is 0.266 e. The Morgan fingerprint density at radius 1 is 1.21 bits per heavy atom. The molecular formula is C22H22FN3O3. The zero-order chi connectivity index (χ0) is 20.4. The van der Waals surface area contributed by atoms with Gasteiger partial charge >= 0.3 is 0 Å². The maximum absolute atomic E-state index is 13.4. The molecule has 0 saturated heterocycles. The van der Waals surface area contributed by atoms with E-state index >= 15 is 0 Å². The van der Waals surface area contributed by atoms with Crippen LogP contribution in [0.5, 0.6) is 0 Å². The van der Waals surface area contributed by atoms with Crippen LogP contribution in [0.1, 0.15) is 40.7 Å². The number of hydrogen-bond acceptors (Lipinski definition) is 4. The number of carbonyl (C=O) groups excluding carboxylic acids is 2. The maximum atomic E-state index is 13.4. The van der Waals surface area contributed by atoms with E-state index < -0.39 is 6.10 Å². The van der Waals surface area contributed by atoms with E-state index in [0.717, 1.165) is 18.4 Å². The van der Waals surface area contributed by atoms with Crippen LogP contribution >= 0.6 is 0 Å². The highest BCUT2D eigenvalue weighted by Gasteiger charge is 2.31. The molecule has 4 rings (SSSR count). The van der Waals surface area contributed by atoms with E-state index in [0.29, 0.717) is 35.8 Å². The normalized spacial score (nSPS) is 18.0. The first-order valence-corrected chi connectivity index (χ1v) is 9.63. The monoisotopic (exact) mass is 395 g/mol. The zero-order valence-electron chi connectivity index (χ0n) is 16.1. The summed E-state index contributed by atoms with van der Waals surface area (Å²) in [5.41, 5.74) is 2.69. The van der Waals surface area contributed by atoms with Gasteiger partial charge in [0.1, 0.15) is 5.82 Å². The Hall–Kier alpha value is -3.22. The molecule has 1 atom stereocenters. The molecule has 1 aliphatic carbocycles. The standard InChI is InChI=1S/C22H22FN3O3/c1-26(13-14-5-7-15(8-6-14)21(27)24-18-9-10-18)22(28)20-12-19(25-29-20)16-3-2-4-17(23)11-16/h2-8,11,18,20H,9-10,12-13H2,1H3,(H,24,27)/t20-/m0/s1. The highest BCUT2D eigenvalue weighted by Crippen LogP contribution is 2.21. The molecule has 7 heteroatoms. The summed E-state index contributed by atoms with van der Waals surface area (Å²) in [6.45, 7) is 0.387. The van der Waals surface area contributed by atoms with Crippen molar-refractivity contribution in [3.8, 4) is 0 Å². The molecule has 2 amide bonds. The average molecular weight is 395 g/mol. The van der Waals surface area contributed by atoms with Crippen LogP contribution in [0.15, 0.2) is 53.7 Å². The molecule has 2 aliphatic rings. The molecule has 1 heterocycles. The second-order valence-corrected chi connectivity index (χ2v) is 7.49. The molecule has 2 aromatic rings. The van der Waals surface area contributed by atoms with E-state index in [-0.39, 0.29) is 17.6 Å².